The molecule has 8 rings (SSSR count). The molecule has 0 saturated carbocycles. The monoisotopic (exact) mass is 605 g/mol. The molecule has 0 atom stereocenters. The van der Waals surface area contributed by atoms with Crippen molar-refractivity contribution in [2.45, 2.75) is 6.54 Å². The molecule has 224 valence electrons. The van der Waals surface area contributed by atoms with Gasteiger partial charge in [0.05, 0.1) is 6.54 Å². The Balaban J connectivity index is 1.23. The first-order valence-corrected chi connectivity index (χ1v) is 15.7. The minimum Gasteiger partial charge on any atom is -0.456 e. The van der Waals surface area contributed by atoms with Crippen molar-refractivity contribution in [3.63, 3.8) is 0 Å². The number of hydrogen-bond donors (Lipinski definition) is 1. The molecule has 0 unspecified atom stereocenters. The summed E-state index contributed by atoms with van der Waals surface area (Å²) in [5, 5.41) is 4.41. The van der Waals surface area contributed by atoms with Gasteiger partial charge in [0, 0.05) is 21.9 Å². The molecule has 0 aliphatic rings. The van der Waals surface area contributed by atoms with Gasteiger partial charge in [-0.05, 0) is 62.9 Å². The lowest BCUT2D eigenvalue weighted by atomic mass is 9.99. The molecule has 4 nitrogen and oxygen atoms in total. The zero-order valence-corrected chi connectivity index (χ0v) is 25.7. The zero-order chi connectivity index (χ0) is 31.6. The highest BCUT2D eigenvalue weighted by Gasteiger charge is 2.14. The smallest absolute Gasteiger partial charge is 0.157 e. The van der Waals surface area contributed by atoms with Crippen molar-refractivity contribution in [1.82, 2.24) is 0 Å². The largest absolute Gasteiger partial charge is 0.456 e. The number of hydrogen-bond acceptors (Lipinski definition) is 2. The number of nitrogens with zero attached hydrogens (tertiary/aromatic N) is 2. The number of rotatable bonds is 6. The number of nitrogens with two attached hydrogens (primary N) is 1. The van der Waals surface area contributed by atoms with Crippen LogP contribution in [0.15, 0.2) is 178 Å². The lowest BCUT2D eigenvalue weighted by Gasteiger charge is -2.11. The van der Waals surface area contributed by atoms with Crippen molar-refractivity contribution in [3.8, 4) is 22.3 Å². The number of benzene rings is 7. The number of amidine groups is 2. The summed E-state index contributed by atoms with van der Waals surface area (Å²) in [6, 6.07) is 55.9. The standard InChI is InChI=1S/C43H31N3O/c44-42(37-20-10-9-19-36(37)31-15-5-2-6-16-31)46-43(34-23-22-30-14-7-8-17-32(30)26-34)45-28-35-18-11-21-39-41(35)38-25-24-33(27-40(38)47-39)29-12-3-1-4-13-29/h1-27H,28H2,(H2,44,45,46). The van der Waals surface area contributed by atoms with E-state index in [0.29, 0.717) is 18.2 Å². The van der Waals surface area contributed by atoms with Gasteiger partial charge in [-0.2, -0.15) is 0 Å². The maximum absolute atomic E-state index is 6.82. The second kappa shape index (κ2) is 12.3. The van der Waals surface area contributed by atoms with E-state index in [1.165, 1.54) is 0 Å². The predicted molar refractivity (Wildman–Crippen MR) is 196 cm³/mol. The van der Waals surface area contributed by atoms with Crippen LogP contribution in [0.3, 0.4) is 0 Å². The summed E-state index contributed by atoms with van der Waals surface area (Å²) < 4.78 is 6.38. The van der Waals surface area contributed by atoms with Crippen LogP contribution >= 0.6 is 0 Å². The fourth-order valence-corrected chi connectivity index (χ4v) is 6.27. The third-order valence-electron chi connectivity index (χ3n) is 8.61. The van der Waals surface area contributed by atoms with Gasteiger partial charge in [-0.15, -0.1) is 0 Å². The molecule has 0 bridgehead atoms. The van der Waals surface area contributed by atoms with Gasteiger partial charge in [0.1, 0.15) is 17.0 Å². The second-order valence-electron chi connectivity index (χ2n) is 11.6. The van der Waals surface area contributed by atoms with E-state index in [9.17, 15) is 0 Å². The first-order valence-electron chi connectivity index (χ1n) is 15.7. The fourth-order valence-electron chi connectivity index (χ4n) is 6.27. The highest BCUT2D eigenvalue weighted by Crippen LogP contribution is 2.34. The Kier molecular flexibility index (Phi) is 7.37. The van der Waals surface area contributed by atoms with Crippen molar-refractivity contribution < 1.29 is 4.42 Å². The van der Waals surface area contributed by atoms with E-state index in [0.717, 1.165) is 71.7 Å². The third-order valence-corrected chi connectivity index (χ3v) is 8.61. The van der Waals surface area contributed by atoms with Gasteiger partial charge in [-0.1, -0.05) is 140 Å². The van der Waals surface area contributed by atoms with Crippen LogP contribution in [0.4, 0.5) is 0 Å². The molecule has 0 spiro atoms. The Morgan fingerprint density at radius 3 is 2.11 bits per heavy atom. The summed E-state index contributed by atoms with van der Waals surface area (Å²) in [4.78, 5) is 10.2. The van der Waals surface area contributed by atoms with Crippen LogP contribution in [0.5, 0.6) is 0 Å². The van der Waals surface area contributed by atoms with E-state index < -0.39 is 0 Å². The third kappa shape index (κ3) is 5.58. The molecule has 0 radical (unpaired) electrons. The SMILES string of the molecule is N/C(=N\C(=N/Cc1cccc2oc3cc(-c4ccccc4)ccc3c12)c1ccc2ccccc2c1)c1ccccc1-c1ccccc1. The topological polar surface area (TPSA) is 63.9 Å². The quantitative estimate of drug-likeness (QED) is 0.151. The minimum absolute atomic E-state index is 0.408. The maximum Gasteiger partial charge on any atom is 0.157 e. The van der Waals surface area contributed by atoms with Gasteiger partial charge in [0.15, 0.2) is 5.84 Å². The molecule has 2 N–H and O–H groups in total. The van der Waals surface area contributed by atoms with Gasteiger partial charge >= 0.3 is 0 Å². The van der Waals surface area contributed by atoms with Crippen molar-refractivity contribution in [2.75, 3.05) is 0 Å². The average Bonchev–Trinajstić information content (AvgIpc) is 3.52. The Morgan fingerprint density at radius 2 is 1.28 bits per heavy atom. The van der Waals surface area contributed by atoms with Crippen LogP contribution in [-0.4, -0.2) is 11.7 Å². The van der Waals surface area contributed by atoms with Crippen LogP contribution in [0, 0.1) is 0 Å². The molecule has 8 aromatic rings. The molecule has 0 aliphatic carbocycles. The normalized spacial score (nSPS) is 12.3. The van der Waals surface area contributed by atoms with Crippen LogP contribution in [-0.2, 0) is 6.54 Å². The van der Waals surface area contributed by atoms with E-state index in [1.54, 1.807) is 0 Å². The van der Waals surface area contributed by atoms with Gasteiger partial charge in [0.25, 0.3) is 0 Å². The Hall–Kier alpha value is -6.26. The van der Waals surface area contributed by atoms with Gasteiger partial charge in [-0.3, -0.25) is 4.99 Å². The first-order chi connectivity index (χ1) is 23.2. The van der Waals surface area contributed by atoms with Crippen molar-refractivity contribution >= 4 is 44.4 Å². The average molecular weight is 606 g/mol. The summed E-state index contributed by atoms with van der Waals surface area (Å²) in [7, 11) is 0. The van der Waals surface area contributed by atoms with Crippen molar-refractivity contribution in [1.29, 1.82) is 0 Å². The highest BCUT2D eigenvalue weighted by atomic mass is 16.3. The maximum atomic E-state index is 6.82. The molecule has 7 aromatic carbocycles. The van der Waals surface area contributed by atoms with E-state index in [1.807, 2.05) is 66.7 Å². The van der Waals surface area contributed by atoms with Crippen LogP contribution < -0.4 is 5.73 Å². The molecule has 47 heavy (non-hydrogen) atoms. The van der Waals surface area contributed by atoms with Gasteiger partial charge < -0.3 is 10.2 Å². The molecule has 4 heteroatoms. The van der Waals surface area contributed by atoms with Crippen LogP contribution in [0.1, 0.15) is 16.7 Å². The van der Waals surface area contributed by atoms with Gasteiger partial charge in [-0.25, -0.2) is 4.99 Å². The molecule has 1 heterocycles. The van der Waals surface area contributed by atoms with E-state index in [2.05, 4.69) is 97.1 Å². The fraction of sp³-hybridized carbons (Fsp3) is 0.0233. The van der Waals surface area contributed by atoms with Crippen LogP contribution in [0.25, 0.3) is 55.0 Å². The molecular weight excluding hydrogens is 574 g/mol. The Morgan fingerprint density at radius 1 is 0.553 bits per heavy atom. The molecule has 0 amide bonds. The lowest BCUT2D eigenvalue weighted by molar-refractivity contribution is 0.669. The van der Waals surface area contributed by atoms with Crippen molar-refractivity contribution in [3.05, 3.63) is 180 Å². The summed E-state index contributed by atoms with van der Waals surface area (Å²) in [5.41, 5.74) is 15.7. The number of furan rings is 1. The van der Waals surface area contributed by atoms with Crippen molar-refractivity contribution in [2.24, 2.45) is 15.7 Å². The van der Waals surface area contributed by atoms with E-state index in [4.69, 9.17) is 20.1 Å². The Bertz CT molecular complexity index is 2440. The zero-order valence-electron chi connectivity index (χ0n) is 25.7. The number of aliphatic imine (C=N–C) groups is 2. The number of fused-ring (bicyclic) bond motifs is 4. The molecule has 0 aliphatic heterocycles. The highest BCUT2D eigenvalue weighted by molar-refractivity contribution is 6.14. The summed E-state index contributed by atoms with van der Waals surface area (Å²) in [6.45, 7) is 0.408. The predicted octanol–water partition coefficient (Wildman–Crippen LogP) is 10.4. The summed E-state index contributed by atoms with van der Waals surface area (Å²) in [6.07, 6.45) is 0. The van der Waals surface area contributed by atoms with E-state index >= 15 is 0 Å². The molecular formula is C43H31N3O. The minimum atomic E-state index is 0.408. The Labute approximate surface area is 273 Å². The second-order valence-corrected chi connectivity index (χ2v) is 11.6. The molecule has 1 aromatic heterocycles. The van der Waals surface area contributed by atoms with Crippen LogP contribution in [0.2, 0.25) is 0 Å². The molecule has 0 fully saturated rings. The lowest BCUT2D eigenvalue weighted by Crippen LogP contribution is -2.17. The van der Waals surface area contributed by atoms with E-state index in [-0.39, 0.29) is 0 Å². The summed E-state index contributed by atoms with van der Waals surface area (Å²) in [5.74, 6) is 0.990. The molecule has 0 saturated heterocycles. The van der Waals surface area contributed by atoms with Gasteiger partial charge in [0.2, 0.25) is 0 Å². The first kappa shape index (κ1) is 28.2. The summed E-state index contributed by atoms with van der Waals surface area (Å²) >= 11 is 0.